The van der Waals surface area contributed by atoms with Gasteiger partial charge in [-0.2, -0.15) is 0 Å². The van der Waals surface area contributed by atoms with Gasteiger partial charge in [-0.3, -0.25) is 9.59 Å². The summed E-state index contributed by atoms with van der Waals surface area (Å²) in [5.74, 6) is 0.952. The van der Waals surface area contributed by atoms with Crippen molar-refractivity contribution < 1.29 is 19.1 Å². The number of aryl methyl sites for hydroxylation is 2. The van der Waals surface area contributed by atoms with Gasteiger partial charge >= 0.3 is 0 Å². The molecular weight excluding hydrogens is 412 g/mol. The molecule has 174 valence electrons. The summed E-state index contributed by atoms with van der Waals surface area (Å²) in [7, 11) is 0. The highest BCUT2D eigenvalue weighted by Gasteiger charge is 2.45. The number of aliphatic hydroxyl groups is 1. The van der Waals surface area contributed by atoms with Crippen LogP contribution in [0.4, 0.5) is 0 Å². The van der Waals surface area contributed by atoms with E-state index in [4.69, 9.17) is 4.42 Å². The minimum absolute atomic E-state index is 0.102. The first-order valence-electron chi connectivity index (χ1n) is 11.2. The highest BCUT2D eigenvalue weighted by atomic mass is 16.4. The summed E-state index contributed by atoms with van der Waals surface area (Å²) in [6, 6.07) is -1.41. The molecule has 4 rings (SSSR count). The van der Waals surface area contributed by atoms with Crippen LogP contribution in [0.3, 0.4) is 0 Å². The van der Waals surface area contributed by atoms with Crippen LogP contribution in [0.15, 0.2) is 10.6 Å². The van der Waals surface area contributed by atoms with Gasteiger partial charge in [-0.1, -0.05) is 26.0 Å². The second-order valence-corrected chi connectivity index (χ2v) is 10.0. The summed E-state index contributed by atoms with van der Waals surface area (Å²) in [5.41, 5.74) is 1.21. The Morgan fingerprint density at radius 2 is 2.03 bits per heavy atom. The number of likely N-dealkylation sites (tertiary alicyclic amines) is 1. The normalized spacial score (nSPS) is 22.2. The van der Waals surface area contributed by atoms with Gasteiger partial charge in [0.2, 0.25) is 17.7 Å². The van der Waals surface area contributed by atoms with E-state index in [1.807, 2.05) is 40.8 Å². The van der Waals surface area contributed by atoms with Crippen LogP contribution in [0.2, 0.25) is 0 Å². The lowest BCUT2D eigenvalue weighted by Gasteiger charge is -2.34. The third kappa shape index (κ3) is 4.55. The summed E-state index contributed by atoms with van der Waals surface area (Å²) in [5, 5.41) is 21.6. The Bertz CT molecular complexity index is 983. The van der Waals surface area contributed by atoms with E-state index in [0.29, 0.717) is 17.6 Å². The number of amides is 2. The van der Waals surface area contributed by atoms with E-state index in [-0.39, 0.29) is 31.3 Å². The summed E-state index contributed by atoms with van der Waals surface area (Å²) in [4.78, 5) is 32.4. The molecule has 1 aliphatic carbocycles. The van der Waals surface area contributed by atoms with E-state index in [2.05, 4.69) is 20.6 Å². The molecule has 0 aromatic carbocycles. The quantitative estimate of drug-likeness (QED) is 0.693. The number of nitrogens with zero attached hydrogens (tertiary/aromatic N) is 5. The van der Waals surface area contributed by atoms with Gasteiger partial charge in [0.05, 0.1) is 24.0 Å². The maximum atomic E-state index is 13.7. The Morgan fingerprint density at radius 1 is 1.31 bits per heavy atom. The lowest BCUT2D eigenvalue weighted by atomic mass is 9.85. The van der Waals surface area contributed by atoms with E-state index < -0.39 is 23.6 Å². The summed E-state index contributed by atoms with van der Waals surface area (Å²) in [6.45, 7) is 9.76. The van der Waals surface area contributed by atoms with E-state index in [1.165, 1.54) is 4.90 Å². The summed E-state index contributed by atoms with van der Waals surface area (Å²) >= 11 is 0. The van der Waals surface area contributed by atoms with Crippen molar-refractivity contribution in [1.29, 1.82) is 0 Å². The molecule has 1 saturated carbocycles. The Labute approximate surface area is 187 Å². The molecule has 2 unspecified atom stereocenters. The predicted octanol–water partition coefficient (Wildman–Crippen LogP) is 1.63. The number of aliphatic hydroxyl groups excluding tert-OH is 1. The molecule has 1 saturated heterocycles. The van der Waals surface area contributed by atoms with Crippen LogP contribution in [0.5, 0.6) is 0 Å². The van der Waals surface area contributed by atoms with Crippen LogP contribution in [0.1, 0.15) is 75.0 Å². The molecule has 2 amide bonds. The molecule has 2 fully saturated rings. The van der Waals surface area contributed by atoms with Gasteiger partial charge in [0, 0.05) is 25.1 Å². The molecule has 3 atom stereocenters. The Balaban J connectivity index is 1.51. The van der Waals surface area contributed by atoms with Gasteiger partial charge in [-0.25, -0.2) is 9.67 Å². The maximum Gasteiger partial charge on any atom is 0.248 e. The number of carbonyl (C=O) groups excluding carboxylic acids is 2. The lowest BCUT2D eigenvalue weighted by molar-refractivity contribution is -0.144. The van der Waals surface area contributed by atoms with Crippen LogP contribution in [-0.4, -0.2) is 60.5 Å². The Kier molecular flexibility index (Phi) is 5.83. The van der Waals surface area contributed by atoms with Crippen LogP contribution < -0.4 is 5.32 Å². The van der Waals surface area contributed by atoms with Crippen molar-refractivity contribution in [3.63, 3.8) is 0 Å². The van der Waals surface area contributed by atoms with Crippen LogP contribution in [-0.2, 0) is 16.1 Å². The predicted molar refractivity (Wildman–Crippen MR) is 114 cm³/mol. The molecule has 2 N–H and O–H groups in total. The molecule has 2 aliphatic rings. The van der Waals surface area contributed by atoms with Crippen molar-refractivity contribution in [3.05, 3.63) is 29.2 Å². The third-order valence-corrected chi connectivity index (χ3v) is 6.19. The highest BCUT2D eigenvalue weighted by Crippen LogP contribution is 2.40. The average molecular weight is 445 g/mol. The van der Waals surface area contributed by atoms with Gasteiger partial charge < -0.3 is 19.7 Å². The molecule has 2 aromatic heterocycles. The van der Waals surface area contributed by atoms with Crippen molar-refractivity contribution in [2.24, 2.45) is 5.41 Å². The number of rotatable bonds is 6. The third-order valence-electron chi connectivity index (χ3n) is 6.19. The number of hydrogen-bond acceptors (Lipinski definition) is 7. The molecule has 1 aliphatic heterocycles. The summed E-state index contributed by atoms with van der Waals surface area (Å²) < 4.78 is 7.13. The fourth-order valence-corrected chi connectivity index (χ4v) is 4.22. The second kappa shape index (κ2) is 8.31. The number of nitrogens with one attached hydrogen (secondary N) is 1. The standard InChI is InChI=1S/C22H32N6O4/c1-12-13(2)32-18(24-12)9-23-20(30)17-8-15(29)10-27(17)21(31)19(22(3,4)5)28-11-16(25-26-28)14-6-7-14/h11,14-15,17,19,29H,6-10H2,1-5H3,(H,23,30)/t15?,17?,19-/m1/s1. The van der Waals surface area contributed by atoms with Crippen molar-refractivity contribution in [2.45, 2.75) is 84.5 Å². The van der Waals surface area contributed by atoms with Crippen LogP contribution in [0, 0.1) is 19.3 Å². The van der Waals surface area contributed by atoms with Gasteiger partial charge in [0.1, 0.15) is 17.8 Å². The first-order chi connectivity index (χ1) is 15.0. The van der Waals surface area contributed by atoms with Crippen LogP contribution in [0.25, 0.3) is 0 Å². The number of β-amino-alcohol motifs (C(OH)–C–C–N with tert-alkyl or cyclic N) is 1. The number of hydrogen-bond donors (Lipinski definition) is 2. The zero-order valence-electron chi connectivity index (χ0n) is 19.3. The van der Waals surface area contributed by atoms with Crippen molar-refractivity contribution >= 4 is 11.8 Å². The van der Waals surface area contributed by atoms with Gasteiger partial charge in [-0.15, -0.1) is 5.10 Å². The van der Waals surface area contributed by atoms with Gasteiger partial charge in [0.25, 0.3) is 0 Å². The minimum Gasteiger partial charge on any atom is -0.444 e. The first-order valence-corrected chi connectivity index (χ1v) is 11.2. The molecule has 10 heteroatoms. The van der Waals surface area contributed by atoms with Crippen molar-refractivity contribution in [1.82, 2.24) is 30.2 Å². The number of aromatic nitrogens is 4. The molecule has 0 radical (unpaired) electrons. The molecule has 0 spiro atoms. The van der Waals surface area contributed by atoms with Gasteiger partial charge in [0.15, 0.2) is 0 Å². The molecule has 2 aromatic rings. The monoisotopic (exact) mass is 444 g/mol. The molecular formula is C22H32N6O4. The number of oxazole rings is 1. The van der Waals surface area contributed by atoms with E-state index in [9.17, 15) is 14.7 Å². The molecule has 10 nitrogen and oxygen atoms in total. The SMILES string of the molecule is Cc1nc(CNC(=O)C2CC(O)CN2C(=O)[C@@H](n2cc(C3CC3)nn2)C(C)(C)C)oc1C. The van der Waals surface area contributed by atoms with Gasteiger partial charge in [-0.05, 0) is 32.1 Å². The molecule has 0 bridgehead atoms. The Morgan fingerprint density at radius 3 is 2.62 bits per heavy atom. The zero-order valence-corrected chi connectivity index (χ0v) is 19.3. The smallest absolute Gasteiger partial charge is 0.248 e. The Hall–Kier alpha value is -2.75. The van der Waals surface area contributed by atoms with E-state index >= 15 is 0 Å². The second-order valence-electron chi connectivity index (χ2n) is 10.0. The maximum absolute atomic E-state index is 13.7. The zero-order chi connectivity index (χ0) is 23.2. The lowest BCUT2D eigenvalue weighted by Crippen LogP contribution is -2.50. The summed E-state index contributed by atoms with van der Waals surface area (Å²) in [6.07, 6.45) is 3.45. The number of carbonyl (C=O) groups is 2. The molecule has 3 heterocycles. The highest BCUT2D eigenvalue weighted by molar-refractivity contribution is 5.90. The fourth-order valence-electron chi connectivity index (χ4n) is 4.22. The van der Waals surface area contributed by atoms with E-state index in [0.717, 1.165) is 24.2 Å². The van der Waals surface area contributed by atoms with Crippen molar-refractivity contribution in [2.75, 3.05) is 6.54 Å². The largest absolute Gasteiger partial charge is 0.444 e. The topological polar surface area (TPSA) is 126 Å². The van der Waals surface area contributed by atoms with Crippen molar-refractivity contribution in [3.8, 4) is 0 Å². The minimum atomic E-state index is -0.772. The average Bonchev–Trinajstić information content (AvgIpc) is 3.17. The fraction of sp³-hybridized carbons (Fsp3) is 0.682. The first kappa shape index (κ1) is 22.4. The van der Waals surface area contributed by atoms with Crippen LogP contribution >= 0.6 is 0 Å². The molecule has 32 heavy (non-hydrogen) atoms. The van der Waals surface area contributed by atoms with E-state index in [1.54, 1.807) is 4.68 Å².